The van der Waals surface area contributed by atoms with Gasteiger partial charge >= 0.3 is 17.9 Å². The standard InChI is InChI=1S/C5H6O4.C5H8O2.C2H2Cl2/c1-3(5(8)9)2-4(6)7;1-3-4(2)5(6)7;1-2(3)4/h1-2H2,(H,6,7)(H,8,9);2-3H2,1H3,(H,6,7);1H2. The van der Waals surface area contributed by atoms with Crippen molar-refractivity contribution in [3.63, 3.8) is 0 Å². The lowest BCUT2D eigenvalue weighted by Crippen LogP contribution is -2.04. The average molecular weight is 327 g/mol. The van der Waals surface area contributed by atoms with Crippen molar-refractivity contribution in [2.45, 2.75) is 19.8 Å². The molecule has 3 N–H and O–H groups in total. The Labute approximate surface area is 126 Å². The minimum atomic E-state index is -1.27. The number of halogens is 2. The first-order chi connectivity index (χ1) is 8.95. The van der Waals surface area contributed by atoms with Gasteiger partial charge < -0.3 is 15.3 Å². The molecule has 0 aliphatic rings. The Morgan fingerprint density at radius 1 is 0.900 bits per heavy atom. The SMILES string of the molecule is C=C(CC(=O)O)C(=O)O.C=C(CC)C(=O)O.C=C(Cl)Cl. The van der Waals surface area contributed by atoms with E-state index >= 15 is 0 Å². The molecule has 0 aromatic heterocycles. The summed E-state index contributed by atoms with van der Waals surface area (Å²) in [4.78, 5) is 29.5. The van der Waals surface area contributed by atoms with Gasteiger partial charge in [-0.2, -0.15) is 0 Å². The Morgan fingerprint density at radius 3 is 1.25 bits per heavy atom. The molecule has 0 rings (SSSR count). The minimum Gasteiger partial charge on any atom is -0.481 e. The molecule has 0 amide bonds. The van der Waals surface area contributed by atoms with E-state index in [4.69, 9.17) is 38.5 Å². The normalized spacial score (nSPS) is 7.95. The summed E-state index contributed by atoms with van der Waals surface area (Å²) in [7, 11) is 0. The lowest BCUT2D eigenvalue weighted by atomic mass is 10.2. The fourth-order valence-electron chi connectivity index (χ4n) is 0.409. The lowest BCUT2D eigenvalue weighted by Gasteiger charge is -1.91. The second kappa shape index (κ2) is 13.6. The van der Waals surface area contributed by atoms with Crippen LogP contribution in [0.1, 0.15) is 19.8 Å². The van der Waals surface area contributed by atoms with Gasteiger partial charge in [-0.15, -0.1) is 0 Å². The Balaban J connectivity index is -0.000000234. The highest BCUT2D eigenvalue weighted by Gasteiger charge is 2.07. The topological polar surface area (TPSA) is 112 Å². The van der Waals surface area contributed by atoms with Crippen LogP contribution >= 0.6 is 23.2 Å². The van der Waals surface area contributed by atoms with Crippen molar-refractivity contribution in [3.8, 4) is 0 Å². The Morgan fingerprint density at radius 2 is 1.20 bits per heavy atom. The molecule has 0 unspecified atom stereocenters. The van der Waals surface area contributed by atoms with E-state index in [1.807, 2.05) is 0 Å². The second-order valence-corrected chi connectivity index (χ2v) is 4.19. The third kappa shape index (κ3) is 25.2. The summed E-state index contributed by atoms with van der Waals surface area (Å²) in [6.45, 7) is 11.1. The van der Waals surface area contributed by atoms with Crippen LogP contribution in [0.5, 0.6) is 0 Å². The van der Waals surface area contributed by atoms with Crippen LogP contribution in [0.2, 0.25) is 0 Å². The lowest BCUT2D eigenvalue weighted by molar-refractivity contribution is -0.139. The van der Waals surface area contributed by atoms with Crippen molar-refractivity contribution in [1.29, 1.82) is 0 Å². The maximum atomic E-state index is 9.87. The molecule has 20 heavy (non-hydrogen) atoms. The van der Waals surface area contributed by atoms with Crippen molar-refractivity contribution in [2.24, 2.45) is 0 Å². The van der Waals surface area contributed by atoms with Gasteiger partial charge in [-0.25, -0.2) is 9.59 Å². The van der Waals surface area contributed by atoms with Crippen molar-refractivity contribution in [2.75, 3.05) is 0 Å². The number of carboxylic acid groups (broad SMARTS) is 3. The van der Waals surface area contributed by atoms with Crippen LogP contribution in [-0.2, 0) is 14.4 Å². The quantitative estimate of drug-likeness (QED) is 0.669. The van der Waals surface area contributed by atoms with Crippen LogP contribution in [0.15, 0.2) is 35.4 Å². The maximum Gasteiger partial charge on any atom is 0.331 e. The summed E-state index contributed by atoms with van der Waals surface area (Å²) in [6.07, 6.45) is 0.0185. The van der Waals surface area contributed by atoms with Gasteiger partial charge in [0, 0.05) is 11.1 Å². The van der Waals surface area contributed by atoms with E-state index in [0.29, 0.717) is 6.42 Å². The summed E-state index contributed by atoms with van der Waals surface area (Å²) in [6, 6.07) is 0. The zero-order valence-electron chi connectivity index (χ0n) is 10.9. The van der Waals surface area contributed by atoms with Crippen LogP contribution in [0, 0.1) is 0 Å². The van der Waals surface area contributed by atoms with E-state index in [1.165, 1.54) is 0 Å². The average Bonchev–Trinajstić information content (AvgIpc) is 2.26. The minimum absolute atomic E-state index is 0.111. The first kappa shape index (κ1) is 23.3. The van der Waals surface area contributed by atoms with Gasteiger partial charge in [0.25, 0.3) is 0 Å². The Bertz CT molecular complexity index is 397. The third-order valence-corrected chi connectivity index (χ3v) is 1.40. The molecular weight excluding hydrogens is 311 g/mol. The highest BCUT2D eigenvalue weighted by atomic mass is 35.5. The molecule has 8 heteroatoms. The highest BCUT2D eigenvalue weighted by molar-refractivity contribution is 6.55. The number of hydrogen-bond acceptors (Lipinski definition) is 3. The van der Waals surface area contributed by atoms with Gasteiger partial charge in [0.15, 0.2) is 0 Å². The Hall–Kier alpha value is -1.79. The van der Waals surface area contributed by atoms with Gasteiger partial charge in [0.2, 0.25) is 0 Å². The Kier molecular flexibility index (Phi) is 15.9. The summed E-state index contributed by atoms with van der Waals surface area (Å²) < 4.78 is 0.111. The van der Waals surface area contributed by atoms with E-state index in [2.05, 4.69) is 19.7 Å². The van der Waals surface area contributed by atoms with Gasteiger partial charge in [-0.05, 0) is 6.42 Å². The molecule has 0 aliphatic carbocycles. The van der Waals surface area contributed by atoms with Gasteiger partial charge in [-0.3, -0.25) is 4.79 Å². The van der Waals surface area contributed by atoms with E-state index in [1.54, 1.807) is 6.92 Å². The number of carbonyl (C=O) groups is 3. The fourth-order valence-corrected chi connectivity index (χ4v) is 0.409. The number of rotatable bonds is 5. The number of aliphatic carboxylic acids is 3. The van der Waals surface area contributed by atoms with Crippen LogP contribution in [0.25, 0.3) is 0 Å². The van der Waals surface area contributed by atoms with Crippen LogP contribution in [0.3, 0.4) is 0 Å². The summed E-state index contributed by atoms with van der Waals surface area (Å²) in [5, 5.41) is 24.2. The van der Waals surface area contributed by atoms with E-state index in [0.717, 1.165) is 0 Å². The first-order valence-corrected chi connectivity index (χ1v) is 5.75. The molecule has 0 fully saturated rings. The van der Waals surface area contributed by atoms with E-state index in [9.17, 15) is 14.4 Å². The summed E-state index contributed by atoms with van der Waals surface area (Å²) >= 11 is 9.69. The fraction of sp³-hybridized carbons (Fsp3) is 0.250. The molecule has 0 bridgehead atoms. The van der Waals surface area contributed by atoms with Crippen molar-refractivity contribution < 1.29 is 29.7 Å². The second-order valence-electron chi connectivity index (χ2n) is 3.08. The molecule has 0 heterocycles. The largest absolute Gasteiger partial charge is 0.481 e. The molecule has 0 atom stereocenters. The van der Waals surface area contributed by atoms with Crippen molar-refractivity contribution in [3.05, 3.63) is 35.4 Å². The van der Waals surface area contributed by atoms with Crippen molar-refractivity contribution >= 4 is 41.1 Å². The number of hydrogen-bond donors (Lipinski definition) is 3. The molecule has 0 saturated heterocycles. The predicted molar refractivity (Wildman–Crippen MR) is 76.9 cm³/mol. The monoisotopic (exact) mass is 326 g/mol. The van der Waals surface area contributed by atoms with Crippen LogP contribution in [-0.4, -0.2) is 33.2 Å². The van der Waals surface area contributed by atoms with E-state index < -0.39 is 24.3 Å². The van der Waals surface area contributed by atoms with E-state index in [-0.39, 0.29) is 15.6 Å². The van der Waals surface area contributed by atoms with Crippen LogP contribution in [0.4, 0.5) is 0 Å². The molecule has 114 valence electrons. The molecule has 0 spiro atoms. The summed E-state index contributed by atoms with van der Waals surface area (Å²) in [5.41, 5.74) is -0.0394. The number of carboxylic acids is 3. The van der Waals surface area contributed by atoms with Gasteiger partial charge in [0.05, 0.1) is 10.9 Å². The summed E-state index contributed by atoms with van der Waals surface area (Å²) in [5.74, 6) is -3.35. The third-order valence-electron chi connectivity index (χ3n) is 1.40. The molecule has 0 aliphatic heterocycles. The molecule has 0 aromatic rings. The first-order valence-electron chi connectivity index (χ1n) is 4.99. The van der Waals surface area contributed by atoms with Crippen LogP contribution < -0.4 is 0 Å². The van der Waals surface area contributed by atoms with Gasteiger partial charge in [0.1, 0.15) is 0 Å². The van der Waals surface area contributed by atoms with Crippen molar-refractivity contribution in [1.82, 2.24) is 0 Å². The maximum absolute atomic E-state index is 9.87. The molecule has 0 aromatic carbocycles. The zero-order valence-corrected chi connectivity index (χ0v) is 12.4. The molecule has 6 nitrogen and oxygen atoms in total. The molecule has 0 radical (unpaired) electrons. The molecular formula is C12H16Cl2O6. The molecule has 0 saturated carbocycles. The highest BCUT2D eigenvalue weighted by Crippen LogP contribution is 1.98. The van der Waals surface area contributed by atoms with Gasteiger partial charge in [-0.1, -0.05) is 49.9 Å². The smallest absolute Gasteiger partial charge is 0.331 e. The zero-order chi connectivity index (χ0) is 16.9. The predicted octanol–water partition coefficient (Wildman–Crippen LogP) is 3.07.